The number of hydrogen-bond acceptors (Lipinski definition) is 4. The van der Waals surface area contributed by atoms with E-state index in [9.17, 15) is 4.79 Å². The molecule has 2 aromatic heterocycles. The number of aromatic nitrogens is 3. The molecule has 1 fully saturated rings. The lowest BCUT2D eigenvalue weighted by molar-refractivity contribution is 0.0630. The molecule has 4 rings (SSSR count). The Morgan fingerprint density at radius 3 is 2.52 bits per heavy atom. The number of para-hydroxylation sites is 1. The van der Waals surface area contributed by atoms with Gasteiger partial charge in [0.2, 0.25) is 0 Å². The molecule has 3 aromatic rings. The number of piperazine rings is 1. The molecule has 0 aliphatic carbocycles. The number of hydrogen-bond donors (Lipinski definition) is 0. The van der Waals surface area contributed by atoms with E-state index >= 15 is 0 Å². The van der Waals surface area contributed by atoms with E-state index in [2.05, 4.69) is 28.8 Å². The zero-order valence-corrected chi connectivity index (χ0v) is 16.1. The number of fused-ring (bicyclic) bond motifs is 1. The lowest BCUT2D eigenvalue weighted by Gasteiger charge is -2.35. The van der Waals surface area contributed by atoms with Crippen molar-refractivity contribution >= 4 is 16.8 Å². The fraction of sp³-hybridized carbons (Fsp3) is 0.381. The molecule has 0 bridgehead atoms. The van der Waals surface area contributed by atoms with E-state index in [0.29, 0.717) is 0 Å². The molecule has 27 heavy (non-hydrogen) atoms. The maximum absolute atomic E-state index is 13.1. The van der Waals surface area contributed by atoms with Gasteiger partial charge in [0.25, 0.3) is 5.91 Å². The predicted octanol–water partition coefficient (Wildman–Crippen LogP) is 2.54. The van der Waals surface area contributed by atoms with E-state index in [1.165, 1.54) is 11.3 Å². The van der Waals surface area contributed by atoms with Crippen molar-refractivity contribution < 1.29 is 4.79 Å². The summed E-state index contributed by atoms with van der Waals surface area (Å²) in [5.41, 5.74) is 5.22. The molecule has 1 aliphatic heterocycles. The first-order chi connectivity index (χ1) is 13.0. The molecule has 0 atom stereocenters. The van der Waals surface area contributed by atoms with Crippen LogP contribution in [0.25, 0.3) is 10.9 Å². The summed E-state index contributed by atoms with van der Waals surface area (Å²) in [6, 6.07) is 9.66. The Morgan fingerprint density at radius 1 is 1.07 bits per heavy atom. The Morgan fingerprint density at radius 2 is 1.81 bits per heavy atom. The molecule has 6 nitrogen and oxygen atoms in total. The summed E-state index contributed by atoms with van der Waals surface area (Å²) >= 11 is 0. The molecular weight excluding hydrogens is 338 g/mol. The van der Waals surface area contributed by atoms with Crippen molar-refractivity contribution in [1.82, 2.24) is 24.6 Å². The molecule has 0 radical (unpaired) electrons. The van der Waals surface area contributed by atoms with Crippen LogP contribution < -0.4 is 0 Å². The minimum atomic E-state index is 0.0991. The van der Waals surface area contributed by atoms with Crippen LogP contribution in [0.5, 0.6) is 0 Å². The van der Waals surface area contributed by atoms with Crippen LogP contribution in [0.1, 0.15) is 27.3 Å². The molecule has 3 heterocycles. The summed E-state index contributed by atoms with van der Waals surface area (Å²) in [4.78, 5) is 21.8. The van der Waals surface area contributed by atoms with E-state index in [-0.39, 0.29) is 5.91 Å². The maximum atomic E-state index is 13.1. The van der Waals surface area contributed by atoms with Gasteiger partial charge in [-0.3, -0.25) is 19.4 Å². The average Bonchev–Trinajstić information content (AvgIpc) is 2.93. The zero-order valence-electron chi connectivity index (χ0n) is 16.1. The number of amides is 1. The van der Waals surface area contributed by atoms with Crippen LogP contribution in [0.2, 0.25) is 0 Å². The van der Waals surface area contributed by atoms with Crippen LogP contribution in [0.4, 0.5) is 0 Å². The van der Waals surface area contributed by atoms with Crippen LogP contribution in [-0.4, -0.2) is 56.7 Å². The highest BCUT2D eigenvalue weighted by Gasteiger charge is 2.24. The summed E-state index contributed by atoms with van der Waals surface area (Å²) in [5, 5.41) is 5.43. The maximum Gasteiger partial charge on any atom is 0.254 e. The summed E-state index contributed by atoms with van der Waals surface area (Å²) in [6.45, 7) is 8.32. The second-order valence-electron chi connectivity index (χ2n) is 7.22. The van der Waals surface area contributed by atoms with E-state index < -0.39 is 0 Å². The van der Waals surface area contributed by atoms with E-state index in [0.717, 1.165) is 54.9 Å². The van der Waals surface area contributed by atoms with Gasteiger partial charge in [-0.05, 0) is 26.0 Å². The van der Waals surface area contributed by atoms with Crippen molar-refractivity contribution in [2.24, 2.45) is 7.05 Å². The molecule has 1 aromatic carbocycles. The highest BCUT2D eigenvalue weighted by atomic mass is 16.2. The minimum Gasteiger partial charge on any atom is -0.336 e. The Bertz CT molecular complexity index is 980. The van der Waals surface area contributed by atoms with Crippen molar-refractivity contribution in [3.63, 3.8) is 0 Å². The summed E-state index contributed by atoms with van der Waals surface area (Å²) in [6.07, 6.45) is 1.72. The van der Waals surface area contributed by atoms with Crippen LogP contribution in [-0.2, 0) is 13.6 Å². The topological polar surface area (TPSA) is 54.3 Å². The standard InChI is InChI=1S/C21H25N5O/c1-15-19(16(2)24(3)23-15)14-25-10-12-26(13-11-25)21(27)18-8-9-22-20-7-5-4-6-17(18)20/h4-9H,10-14H2,1-3H3. The van der Waals surface area contributed by atoms with E-state index in [4.69, 9.17) is 0 Å². The molecule has 0 saturated carbocycles. The third-order valence-electron chi connectivity index (χ3n) is 5.58. The van der Waals surface area contributed by atoms with Gasteiger partial charge in [-0.25, -0.2) is 0 Å². The van der Waals surface area contributed by atoms with Gasteiger partial charge in [0.05, 0.1) is 16.8 Å². The lowest BCUT2D eigenvalue weighted by atomic mass is 10.1. The largest absolute Gasteiger partial charge is 0.336 e. The molecule has 1 saturated heterocycles. The predicted molar refractivity (Wildman–Crippen MR) is 106 cm³/mol. The number of rotatable bonds is 3. The van der Waals surface area contributed by atoms with Crippen molar-refractivity contribution in [2.75, 3.05) is 26.2 Å². The van der Waals surface area contributed by atoms with Gasteiger partial charge >= 0.3 is 0 Å². The first-order valence-electron chi connectivity index (χ1n) is 9.39. The second kappa shape index (κ2) is 7.12. The highest BCUT2D eigenvalue weighted by Crippen LogP contribution is 2.20. The summed E-state index contributed by atoms with van der Waals surface area (Å²) in [7, 11) is 1.99. The molecule has 6 heteroatoms. The van der Waals surface area contributed by atoms with Gasteiger partial charge in [-0.15, -0.1) is 0 Å². The molecular formula is C21H25N5O. The Hall–Kier alpha value is -2.73. The molecule has 0 N–H and O–H groups in total. The monoisotopic (exact) mass is 363 g/mol. The van der Waals surface area contributed by atoms with Gasteiger partial charge in [-0.1, -0.05) is 18.2 Å². The zero-order chi connectivity index (χ0) is 19.0. The highest BCUT2D eigenvalue weighted by molar-refractivity contribution is 6.06. The van der Waals surface area contributed by atoms with Gasteiger partial charge in [0.15, 0.2) is 0 Å². The van der Waals surface area contributed by atoms with Crippen LogP contribution in [0.15, 0.2) is 36.5 Å². The smallest absolute Gasteiger partial charge is 0.254 e. The third-order valence-corrected chi connectivity index (χ3v) is 5.58. The molecule has 1 amide bonds. The van der Waals surface area contributed by atoms with Crippen LogP contribution in [0, 0.1) is 13.8 Å². The number of carbonyl (C=O) groups excluding carboxylic acids is 1. The van der Waals surface area contributed by atoms with Gasteiger partial charge in [-0.2, -0.15) is 5.10 Å². The SMILES string of the molecule is Cc1nn(C)c(C)c1CN1CCN(C(=O)c2ccnc3ccccc23)CC1. The molecule has 0 unspecified atom stereocenters. The fourth-order valence-corrected chi connectivity index (χ4v) is 3.83. The van der Waals surface area contributed by atoms with Crippen molar-refractivity contribution in [3.8, 4) is 0 Å². The molecule has 1 aliphatic rings. The Balaban J connectivity index is 1.45. The number of pyridine rings is 1. The third kappa shape index (κ3) is 3.32. The Labute approximate surface area is 159 Å². The molecule has 140 valence electrons. The van der Waals surface area contributed by atoms with Crippen molar-refractivity contribution in [1.29, 1.82) is 0 Å². The number of benzene rings is 1. The first-order valence-corrected chi connectivity index (χ1v) is 9.39. The van der Waals surface area contributed by atoms with Crippen LogP contribution in [0.3, 0.4) is 0 Å². The first kappa shape index (κ1) is 17.7. The minimum absolute atomic E-state index is 0.0991. The van der Waals surface area contributed by atoms with Crippen molar-refractivity contribution in [3.05, 3.63) is 59.0 Å². The quantitative estimate of drug-likeness (QED) is 0.718. The number of nitrogens with zero attached hydrogens (tertiary/aromatic N) is 5. The number of aryl methyl sites for hydroxylation is 2. The van der Waals surface area contributed by atoms with E-state index in [1.807, 2.05) is 47.0 Å². The number of carbonyl (C=O) groups is 1. The lowest BCUT2D eigenvalue weighted by Crippen LogP contribution is -2.48. The Kier molecular flexibility index (Phi) is 4.66. The average molecular weight is 363 g/mol. The summed E-state index contributed by atoms with van der Waals surface area (Å²) < 4.78 is 1.94. The van der Waals surface area contributed by atoms with Crippen molar-refractivity contribution in [2.45, 2.75) is 20.4 Å². The van der Waals surface area contributed by atoms with E-state index in [1.54, 1.807) is 6.20 Å². The summed E-state index contributed by atoms with van der Waals surface area (Å²) in [5.74, 6) is 0.0991. The van der Waals surface area contributed by atoms with Gasteiger partial charge < -0.3 is 4.90 Å². The second-order valence-corrected chi connectivity index (χ2v) is 7.22. The van der Waals surface area contributed by atoms with Gasteiger partial charge in [0.1, 0.15) is 0 Å². The fourth-order valence-electron chi connectivity index (χ4n) is 3.83. The molecule has 0 spiro atoms. The normalized spacial score (nSPS) is 15.4. The van der Waals surface area contributed by atoms with Gasteiger partial charge in [0, 0.05) is 62.6 Å². The van der Waals surface area contributed by atoms with Crippen LogP contribution >= 0.6 is 0 Å².